The molecule has 0 aliphatic heterocycles. The second kappa shape index (κ2) is 6.95. The van der Waals surface area contributed by atoms with Crippen molar-refractivity contribution < 1.29 is 18.7 Å². The smallest absolute Gasteiger partial charge is 0.336 e. The van der Waals surface area contributed by atoms with Gasteiger partial charge >= 0.3 is 11.6 Å². The average molecular weight is 368 g/mol. The van der Waals surface area contributed by atoms with Crippen molar-refractivity contribution in [2.45, 2.75) is 52.6 Å². The van der Waals surface area contributed by atoms with Crippen LogP contribution in [0.3, 0.4) is 0 Å². The second-order valence-electron chi connectivity index (χ2n) is 7.98. The summed E-state index contributed by atoms with van der Waals surface area (Å²) in [6.07, 6.45) is 4.06. The summed E-state index contributed by atoms with van der Waals surface area (Å²) in [5.74, 6) is -0.101. The van der Waals surface area contributed by atoms with Crippen molar-refractivity contribution in [1.29, 1.82) is 0 Å². The van der Waals surface area contributed by atoms with E-state index in [-0.39, 0.29) is 30.3 Å². The van der Waals surface area contributed by atoms with E-state index in [9.17, 15) is 14.4 Å². The quantitative estimate of drug-likeness (QED) is 0.608. The maximum absolute atomic E-state index is 12.6. The first-order chi connectivity index (χ1) is 12.9. The van der Waals surface area contributed by atoms with Crippen LogP contribution in [0.5, 0.6) is 0 Å². The van der Waals surface area contributed by atoms with Crippen LogP contribution >= 0.6 is 0 Å². The highest BCUT2D eigenvalue weighted by atomic mass is 16.5. The minimum atomic E-state index is -0.444. The summed E-state index contributed by atoms with van der Waals surface area (Å²) in [7, 11) is 0. The van der Waals surface area contributed by atoms with Crippen molar-refractivity contribution in [3.05, 3.63) is 45.3 Å². The zero-order chi connectivity index (χ0) is 19.1. The minimum absolute atomic E-state index is 0.0188. The summed E-state index contributed by atoms with van der Waals surface area (Å²) in [6, 6.07) is 5.26. The summed E-state index contributed by atoms with van der Waals surface area (Å²) >= 11 is 0. The van der Waals surface area contributed by atoms with Crippen LogP contribution < -0.4 is 5.63 Å². The lowest BCUT2D eigenvalue weighted by Crippen LogP contribution is -2.39. The molecule has 2 aromatic rings. The van der Waals surface area contributed by atoms with Crippen molar-refractivity contribution >= 4 is 22.7 Å². The zero-order valence-electron chi connectivity index (χ0n) is 15.7. The summed E-state index contributed by atoms with van der Waals surface area (Å²) < 4.78 is 10.9. The summed E-state index contributed by atoms with van der Waals surface area (Å²) in [6.45, 7) is 3.92. The van der Waals surface area contributed by atoms with Crippen LogP contribution in [0.15, 0.2) is 27.4 Å². The summed E-state index contributed by atoms with van der Waals surface area (Å²) in [5.41, 5.74) is 2.71. The van der Waals surface area contributed by atoms with Crippen molar-refractivity contribution in [2.75, 3.05) is 0 Å². The fourth-order valence-electron chi connectivity index (χ4n) is 4.58. The molecule has 1 aromatic carbocycles. The molecule has 4 rings (SSSR count). The molecule has 2 aliphatic rings. The van der Waals surface area contributed by atoms with Gasteiger partial charge < -0.3 is 9.15 Å². The summed E-state index contributed by atoms with van der Waals surface area (Å²) in [5, 5.41) is 0.793. The molecule has 0 amide bonds. The van der Waals surface area contributed by atoms with Crippen LogP contribution in [0.2, 0.25) is 0 Å². The van der Waals surface area contributed by atoms with E-state index in [1.54, 1.807) is 0 Å². The molecule has 2 bridgehead atoms. The zero-order valence-corrected chi connectivity index (χ0v) is 15.7. The van der Waals surface area contributed by atoms with E-state index in [1.165, 1.54) is 6.07 Å². The van der Waals surface area contributed by atoms with Gasteiger partial charge in [0.15, 0.2) is 0 Å². The number of ether oxygens (including phenoxy) is 1. The number of ketones is 1. The first-order valence-electron chi connectivity index (χ1n) is 9.67. The van der Waals surface area contributed by atoms with Crippen LogP contribution in [0, 0.1) is 31.6 Å². The fraction of sp³-hybridized carbons (Fsp3) is 0.500. The normalized spacial score (nSPS) is 24.8. The predicted octanol–water partition coefficient (Wildman–Crippen LogP) is 3.85. The molecule has 0 saturated heterocycles. The van der Waals surface area contributed by atoms with E-state index in [0.29, 0.717) is 29.8 Å². The van der Waals surface area contributed by atoms with Crippen LogP contribution in [0.25, 0.3) is 11.0 Å². The van der Waals surface area contributed by atoms with Gasteiger partial charge in [0.2, 0.25) is 0 Å². The summed E-state index contributed by atoms with van der Waals surface area (Å²) in [4.78, 5) is 36.8. The molecular formula is C22H24O5. The third-order valence-corrected chi connectivity index (χ3v) is 6.27. The molecule has 2 fully saturated rings. The molecule has 27 heavy (non-hydrogen) atoms. The Kier molecular flexibility index (Phi) is 4.62. The van der Waals surface area contributed by atoms with E-state index >= 15 is 0 Å². The second-order valence-corrected chi connectivity index (χ2v) is 7.98. The molecule has 0 spiro atoms. The lowest BCUT2D eigenvalue weighted by molar-refractivity contribution is -0.154. The van der Waals surface area contributed by atoms with Gasteiger partial charge in [0.1, 0.15) is 18.0 Å². The molecule has 0 N–H and O–H groups in total. The van der Waals surface area contributed by atoms with E-state index in [0.717, 1.165) is 35.8 Å². The van der Waals surface area contributed by atoms with Gasteiger partial charge in [-0.25, -0.2) is 4.79 Å². The Morgan fingerprint density at radius 1 is 1.15 bits per heavy atom. The van der Waals surface area contributed by atoms with Gasteiger partial charge in [0, 0.05) is 28.9 Å². The van der Waals surface area contributed by atoms with Gasteiger partial charge in [0.25, 0.3) is 0 Å². The van der Waals surface area contributed by atoms with Crippen molar-refractivity contribution in [3.8, 4) is 0 Å². The first kappa shape index (κ1) is 18.0. The van der Waals surface area contributed by atoms with E-state index < -0.39 is 5.63 Å². The lowest BCUT2D eigenvalue weighted by Gasteiger charge is -2.36. The number of Topliss-reactive ketones (excluding diaryl/α,β-unsaturated/α-hetero) is 1. The van der Waals surface area contributed by atoms with Gasteiger partial charge in [-0.05, 0) is 50.7 Å². The molecule has 5 nitrogen and oxygen atoms in total. The highest BCUT2D eigenvalue weighted by molar-refractivity contribution is 5.87. The van der Waals surface area contributed by atoms with E-state index in [4.69, 9.17) is 9.15 Å². The maximum atomic E-state index is 12.6. The number of hydrogen-bond acceptors (Lipinski definition) is 5. The molecule has 1 heterocycles. The van der Waals surface area contributed by atoms with Gasteiger partial charge in [0.05, 0.1) is 5.92 Å². The van der Waals surface area contributed by atoms with Gasteiger partial charge in [-0.3, -0.25) is 9.59 Å². The predicted molar refractivity (Wildman–Crippen MR) is 100 cm³/mol. The Hall–Kier alpha value is -2.43. The lowest BCUT2D eigenvalue weighted by atomic mass is 9.67. The number of esters is 1. The Bertz CT molecular complexity index is 955. The number of carbonyl (C=O) groups is 2. The molecule has 0 radical (unpaired) electrons. The number of aryl methyl sites for hydroxylation is 2. The standard InChI is InChI=1S/C22H24O5/c1-12-6-7-18-17(10-19(23)27-21(18)13(12)2)11-26-22(25)16-8-14-4-3-5-15(9-16)20(14)24/h6-7,10,14-16H,3-5,8-9,11H2,1-2H3/t14-,15+,16?. The Morgan fingerprint density at radius 2 is 1.85 bits per heavy atom. The largest absolute Gasteiger partial charge is 0.461 e. The highest BCUT2D eigenvalue weighted by Crippen LogP contribution is 2.40. The number of fused-ring (bicyclic) bond motifs is 3. The van der Waals surface area contributed by atoms with Crippen LogP contribution in [-0.4, -0.2) is 11.8 Å². The molecule has 1 unspecified atom stereocenters. The van der Waals surface area contributed by atoms with Crippen LogP contribution in [0.4, 0.5) is 0 Å². The van der Waals surface area contributed by atoms with Crippen LogP contribution in [-0.2, 0) is 20.9 Å². The fourth-order valence-corrected chi connectivity index (χ4v) is 4.58. The van der Waals surface area contributed by atoms with Crippen molar-refractivity contribution in [1.82, 2.24) is 0 Å². The highest BCUT2D eigenvalue weighted by Gasteiger charge is 2.41. The maximum Gasteiger partial charge on any atom is 0.336 e. The van der Waals surface area contributed by atoms with Gasteiger partial charge in [-0.2, -0.15) is 0 Å². The molecule has 5 heteroatoms. The molecule has 3 atom stereocenters. The third-order valence-electron chi connectivity index (χ3n) is 6.27. The molecular weight excluding hydrogens is 344 g/mol. The number of benzene rings is 1. The van der Waals surface area contributed by atoms with E-state index in [2.05, 4.69) is 0 Å². The Balaban J connectivity index is 1.52. The number of hydrogen-bond donors (Lipinski definition) is 0. The molecule has 2 saturated carbocycles. The molecule has 1 aromatic heterocycles. The van der Waals surface area contributed by atoms with E-state index in [1.807, 2.05) is 26.0 Å². The molecule has 2 aliphatic carbocycles. The SMILES string of the molecule is Cc1ccc2c(COC(=O)C3C[C@H]4CCC[C@@H](C3)C4=O)cc(=O)oc2c1C. The van der Waals surface area contributed by atoms with Crippen molar-refractivity contribution in [3.63, 3.8) is 0 Å². The Morgan fingerprint density at radius 3 is 2.56 bits per heavy atom. The van der Waals surface area contributed by atoms with Crippen LogP contribution in [0.1, 0.15) is 48.8 Å². The van der Waals surface area contributed by atoms with Gasteiger partial charge in [-0.1, -0.05) is 18.6 Å². The monoisotopic (exact) mass is 368 g/mol. The Labute approximate surface area is 157 Å². The average Bonchev–Trinajstić information content (AvgIpc) is 2.62. The first-order valence-corrected chi connectivity index (χ1v) is 9.67. The van der Waals surface area contributed by atoms with Gasteiger partial charge in [-0.15, -0.1) is 0 Å². The number of rotatable bonds is 3. The number of carbonyl (C=O) groups excluding carboxylic acids is 2. The minimum Gasteiger partial charge on any atom is -0.461 e. The third kappa shape index (κ3) is 3.31. The van der Waals surface area contributed by atoms with Crippen molar-refractivity contribution in [2.24, 2.45) is 17.8 Å². The molecule has 142 valence electrons. The topological polar surface area (TPSA) is 73.6 Å².